The van der Waals surface area contributed by atoms with Gasteiger partial charge in [-0.3, -0.25) is 0 Å². The van der Waals surface area contributed by atoms with E-state index in [-0.39, 0.29) is 0 Å². The summed E-state index contributed by atoms with van der Waals surface area (Å²) >= 11 is 3.53. The van der Waals surface area contributed by atoms with Gasteiger partial charge in [0, 0.05) is 30.8 Å². The van der Waals surface area contributed by atoms with Crippen molar-refractivity contribution >= 4 is 27.3 Å². The topological polar surface area (TPSA) is 24.5 Å². The first-order valence-corrected chi connectivity index (χ1v) is 8.67. The molecule has 23 heavy (non-hydrogen) atoms. The number of halogens is 1. The van der Waals surface area contributed by atoms with E-state index in [4.69, 9.17) is 4.74 Å². The Hall–Kier alpha value is -1.68. The number of ether oxygens (including phenoxy) is 1. The Kier molecular flexibility index (Phi) is 6.34. The maximum absolute atomic E-state index is 5.90. The van der Waals surface area contributed by atoms with Crippen LogP contribution in [0.25, 0.3) is 0 Å². The molecule has 2 rings (SSSR count). The van der Waals surface area contributed by atoms with Crippen LogP contribution in [0.4, 0.5) is 11.4 Å². The van der Waals surface area contributed by atoms with E-state index in [1.165, 1.54) is 11.3 Å². The van der Waals surface area contributed by atoms with Crippen molar-refractivity contribution in [2.75, 3.05) is 30.9 Å². The van der Waals surface area contributed by atoms with E-state index >= 15 is 0 Å². The number of nitrogens with zero attached hydrogens (tertiary/aromatic N) is 1. The zero-order valence-corrected chi connectivity index (χ0v) is 15.9. The number of anilines is 2. The zero-order valence-electron chi connectivity index (χ0n) is 14.3. The molecule has 0 saturated heterocycles. The second-order valence-electron chi connectivity index (χ2n) is 6.26. The third kappa shape index (κ3) is 5.47. The van der Waals surface area contributed by atoms with Crippen molar-refractivity contribution < 1.29 is 4.74 Å². The average Bonchev–Trinajstić information content (AvgIpc) is 2.52. The Labute approximate surface area is 147 Å². The fourth-order valence-corrected chi connectivity index (χ4v) is 2.49. The molecule has 0 bridgehead atoms. The Morgan fingerprint density at radius 1 is 1.09 bits per heavy atom. The molecule has 0 atom stereocenters. The predicted octanol–water partition coefficient (Wildman–Crippen LogP) is 5.16. The fourth-order valence-electron chi connectivity index (χ4n) is 2.13. The SMILES string of the molecule is CC(C)COc1ccc(Br)cc1NCc1ccc(N(C)C)cc1. The third-order valence-electron chi connectivity index (χ3n) is 3.45. The molecule has 0 fully saturated rings. The first-order valence-electron chi connectivity index (χ1n) is 7.88. The molecule has 0 spiro atoms. The summed E-state index contributed by atoms with van der Waals surface area (Å²) < 4.78 is 6.94. The van der Waals surface area contributed by atoms with Crippen molar-refractivity contribution in [1.82, 2.24) is 0 Å². The molecule has 2 aromatic carbocycles. The second kappa shape index (κ2) is 8.25. The highest BCUT2D eigenvalue weighted by atomic mass is 79.9. The van der Waals surface area contributed by atoms with Crippen molar-refractivity contribution in [2.45, 2.75) is 20.4 Å². The maximum atomic E-state index is 5.90. The molecule has 4 heteroatoms. The minimum absolute atomic E-state index is 0.505. The molecule has 0 saturated carbocycles. The van der Waals surface area contributed by atoms with Crippen LogP contribution in [0.5, 0.6) is 5.75 Å². The zero-order chi connectivity index (χ0) is 16.8. The summed E-state index contributed by atoms with van der Waals surface area (Å²) in [4.78, 5) is 2.10. The van der Waals surface area contributed by atoms with E-state index in [0.717, 1.165) is 22.5 Å². The molecule has 0 amide bonds. The van der Waals surface area contributed by atoms with E-state index < -0.39 is 0 Å². The summed E-state index contributed by atoms with van der Waals surface area (Å²) in [6, 6.07) is 14.6. The summed E-state index contributed by atoms with van der Waals surface area (Å²) in [6.07, 6.45) is 0. The van der Waals surface area contributed by atoms with Crippen molar-refractivity contribution in [3.63, 3.8) is 0 Å². The molecule has 2 aromatic rings. The number of benzene rings is 2. The maximum Gasteiger partial charge on any atom is 0.142 e. The number of nitrogens with one attached hydrogen (secondary N) is 1. The normalized spacial score (nSPS) is 10.7. The van der Waals surface area contributed by atoms with Gasteiger partial charge in [-0.1, -0.05) is 41.9 Å². The van der Waals surface area contributed by atoms with Crippen LogP contribution in [-0.2, 0) is 6.54 Å². The van der Waals surface area contributed by atoms with Crippen LogP contribution in [0, 0.1) is 5.92 Å². The Morgan fingerprint density at radius 2 is 1.78 bits per heavy atom. The van der Waals surface area contributed by atoms with Gasteiger partial charge in [0.25, 0.3) is 0 Å². The van der Waals surface area contributed by atoms with Gasteiger partial charge in [-0.05, 0) is 41.8 Å². The average molecular weight is 377 g/mol. The summed E-state index contributed by atoms with van der Waals surface area (Å²) in [5, 5.41) is 3.47. The molecule has 124 valence electrons. The lowest BCUT2D eigenvalue weighted by molar-refractivity contribution is 0.272. The van der Waals surface area contributed by atoms with Crippen molar-refractivity contribution in [1.29, 1.82) is 0 Å². The van der Waals surface area contributed by atoms with Crippen LogP contribution in [0.3, 0.4) is 0 Å². The number of hydrogen-bond acceptors (Lipinski definition) is 3. The molecule has 0 heterocycles. The van der Waals surface area contributed by atoms with Crippen LogP contribution in [0.2, 0.25) is 0 Å². The molecule has 0 radical (unpaired) electrons. The second-order valence-corrected chi connectivity index (χ2v) is 7.18. The van der Waals surface area contributed by atoms with E-state index in [1.54, 1.807) is 0 Å². The minimum Gasteiger partial charge on any atom is -0.491 e. The van der Waals surface area contributed by atoms with Gasteiger partial charge in [-0.15, -0.1) is 0 Å². The lowest BCUT2D eigenvalue weighted by atomic mass is 10.2. The van der Waals surface area contributed by atoms with Gasteiger partial charge >= 0.3 is 0 Å². The lowest BCUT2D eigenvalue weighted by Crippen LogP contribution is -2.09. The van der Waals surface area contributed by atoms with Crippen LogP contribution in [0.1, 0.15) is 19.4 Å². The van der Waals surface area contributed by atoms with Crippen LogP contribution < -0.4 is 15.0 Å². The fraction of sp³-hybridized carbons (Fsp3) is 0.368. The van der Waals surface area contributed by atoms with Crippen molar-refractivity contribution in [3.8, 4) is 5.75 Å². The molecule has 1 N–H and O–H groups in total. The van der Waals surface area contributed by atoms with Crippen LogP contribution in [-0.4, -0.2) is 20.7 Å². The van der Waals surface area contributed by atoms with Crippen molar-refractivity contribution in [3.05, 3.63) is 52.5 Å². The summed E-state index contributed by atoms with van der Waals surface area (Å²) in [7, 11) is 4.10. The molecule has 0 aliphatic heterocycles. The van der Waals surface area contributed by atoms with Gasteiger partial charge in [-0.25, -0.2) is 0 Å². The quantitative estimate of drug-likeness (QED) is 0.721. The molecule has 0 aromatic heterocycles. The molecule has 0 aliphatic carbocycles. The highest BCUT2D eigenvalue weighted by Crippen LogP contribution is 2.29. The standard InChI is InChI=1S/C19H25BrN2O/c1-14(2)13-23-19-10-7-16(20)11-18(19)21-12-15-5-8-17(9-6-15)22(3)4/h5-11,14,21H,12-13H2,1-4H3. The van der Waals surface area contributed by atoms with E-state index in [9.17, 15) is 0 Å². The minimum atomic E-state index is 0.505. The molecule has 0 aliphatic rings. The number of rotatable bonds is 7. The Balaban J connectivity index is 2.05. The monoisotopic (exact) mass is 376 g/mol. The lowest BCUT2D eigenvalue weighted by Gasteiger charge is -2.16. The molecular weight excluding hydrogens is 352 g/mol. The first kappa shape index (κ1) is 17.7. The van der Waals surface area contributed by atoms with Gasteiger partial charge < -0.3 is 15.0 Å². The third-order valence-corrected chi connectivity index (χ3v) is 3.94. The Bertz CT molecular complexity index is 624. The Morgan fingerprint density at radius 3 is 2.39 bits per heavy atom. The van der Waals surface area contributed by atoms with Gasteiger partial charge in [0.15, 0.2) is 0 Å². The van der Waals surface area contributed by atoms with E-state index in [1.807, 2.05) is 26.2 Å². The van der Waals surface area contributed by atoms with Crippen LogP contribution in [0.15, 0.2) is 46.9 Å². The van der Waals surface area contributed by atoms with E-state index in [0.29, 0.717) is 12.5 Å². The summed E-state index contributed by atoms with van der Waals surface area (Å²) in [6.45, 7) is 5.78. The highest BCUT2D eigenvalue weighted by Gasteiger charge is 2.06. The van der Waals surface area contributed by atoms with E-state index in [2.05, 4.69) is 70.3 Å². The van der Waals surface area contributed by atoms with Crippen molar-refractivity contribution in [2.24, 2.45) is 5.92 Å². The summed E-state index contributed by atoms with van der Waals surface area (Å²) in [5.41, 5.74) is 3.46. The smallest absolute Gasteiger partial charge is 0.142 e. The summed E-state index contributed by atoms with van der Waals surface area (Å²) in [5.74, 6) is 1.40. The van der Waals surface area contributed by atoms with Gasteiger partial charge in [0.1, 0.15) is 5.75 Å². The van der Waals surface area contributed by atoms with Gasteiger partial charge in [0.2, 0.25) is 0 Å². The molecular formula is C19H25BrN2O. The van der Waals surface area contributed by atoms with Gasteiger partial charge in [-0.2, -0.15) is 0 Å². The molecule has 0 unspecified atom stereocenters. The number of hydrogen-bond donors (Lipinski definition) is 1. The largest absolute Gasteiger partial charge is 0.491 e. The highest BCUT2D eigenvalue weighted by molar-refractivity contribution is 9.10. The van der Waals surface area contributed by atoms with Crippen LogP contribution >= 0.6 is 15.9 Å². The molecule has 3 nitrogen and oxygen atoms in total. The van der Waals surface area contributed by atoms with Gasteiger partial charge in [0.05, 0.1) is 12.3 Å². The first-order chi connectivity index (χ1) is 11.0. The predicted molar refractivity (Wildman–Crippen MR) is 103 cm³/mol.